The van der Waals surface area contributed by atoms with Crippen LogP contribution in [0.1, 0.15) is 23.4 Å². The lowest BCUT2D eigenvalue weighted by Gasteiger charge is -1.97. The Hall–Kier alpha value is -1.84. The Morgan fingerprint density at radius 3 is 2.94 bits per heavy atom. The number of hydrogen-bond donors (Lipinski definition) is 1. The molecule has 0 unspecified atom stereocenters. The molecule has 0 aromatic carbocycles. The first-order chi connectivity index (χ1) is 7.58. The molecule has 0 aliphatic carbocycles. The van der Waals surface area contributed by atoms with Crippen LogP contribution in [0.15, 0.2) is 18.3 Å². The molecule has 0 aliphatic rings. The van der Waals surface area contributed by atoms with Crippen LogP contribution < -0.4 is 0 Å². The minimum atomic E-state index is -0.785. The summed E-state index contributed by atoms with van der Waals surface area (Å²) in [5.74, 6) is -0.785. The molecule has 2 rings (SSSR count). The first-order valence-electron chi connectivity index (χ1n) is 5.24. The molecule has 2 heterocycles. The van der Waals surface area contributed by atoms with Gasteiger partial charge in [0, 0.05) is 18.3 Å². The third-order valence-electron chi connectivity index (χ3n) is 2.69. The predicted molar refractivity (Wildman–Crippen MR) is 60.6 cm³/mol. The second-order valence-corrected chi connectivity index (χ2v) is 3.97. The van der Waals surface area contributed by atoms with Gasteiger partial charge >= 0.3 is 5.97 Å². The van der Waals surface area contributed by atoms with Gasteiger partial charge < -0.3 is 9.51 Å². The van der Waals surface area contributed by atoms with Crippen LogP contribution in [0.2, 0.25) is 0 Å². The number of carboxylic acids is 1. The minimum Gasteiger partial charge on any atom is -0.481 e. The highest BCUT2D eigenvalue weighted by Gasteiger charge is 2.09. The van der Waals surface area contributed by atoms with Crippen LogP contribution >= 0.6 is 0 Å². The molecule has 0 spiro atoms. The quantitative estimate of drug-likeness (QED) is 0.856. The van der Waals surface area contributed by atoms with Gasteiger partial charge in [-0.15, -0.1) is 0 Å². The fraction of sp³-hybridized carbons (Fsp3) is 0.333. The van der Waals surface area contributed by atoms with Crippen LogP contribution in [-0.4, -0.2) is 20.5 Å². The first-order valence-corrected chi connectivity index (χ1v) is 5.24. The van der Waals surface area contributed by atoms with Crippen molar-refractivity contribution in [1.82, 2.24) is 9.38 Å². The number of carbonyl (C=O) groups is 1. The average Bonchev–Trinajstić information content (AvgIpc) is 2.52. The van der Waals surface area contributed by atoms with Gasteiger partial charge in [-0.05, 0) is 31.5 Å². The summed E-state index contributed by atoms with van der Waals surface area (Å²) in [7, 11) is 0. The third kappa shape index (κ3) is 1.91. The molecule has 0 saturated carbocycles. The lowest BCUT2D eigenvalue weighted by atomic mass is 10.2. The van der Waals surface area contributed by atoms with Crippen molar-refractivity contribution in [3.63, 3.8) is 0 Å². The van der Waals surface area contributed by atoms with E-state index in [4.69, 9.17) is 5.11 Å². The van der Waals surface area contributed by atoms with Gasteiger partial charge in [0.2, 0.25) is 0 Å². The van der Waals surface area contributed by atoms with Gasteiger partial charge in [-0.1, -0.05) is 0 Å². The van der Waals surface area contributed by atoms with Gasteiger partial charge in [0.1, 0.15) is 5.65 Å². The number of aliphatic carboxylic acids is 1. The summed E-state index contributed by atoms with van der Waals surface area (Å²) in [4.78, 5) is 15.0. The fourth-order valence-corrected chi connectivity index (χ4v) is 1.78. The Labute approximate surface area is 93.5 Å². The van der Waals surface area contributed by atoms with Gasteiger partial charge in [0.05, 0.1) is 12.1 Å². The zero-order valence-corrected chi connectivity index (χ0v) is 9.40. The van der Waals surface area contributed by atoms with Crippen LogP contribution in [0.4, 0.5) is 0 Å². The third-order valence-corrected chi connectivity index (χ3v) is 2.69. The van der Waals surface area contributed by atoms with E-state index >= 15 is 0 Å². The zero-order chi connectivity index (χ0) is 11.7. The van der Waals surface area contributed by atoms with E-state index in [1.165, 1.54) is 0 Å². The molecule has 1 N–H and O–H groups in total. The van der Waals surface area contributed by atoms with E-state index in [1.54, 1.807) is 0 Å². The Kier molecular flexibility index (Phi) is 2.64. The van der Waals surface area contributed by atoms with E-state index in [-0.39, 0.29) is 6.42 Å². The number of nitrogens with zero attached hydrogens (tertiary/aromatic N) is 2. The molecule has 4 heteroatoms. The van der Waals surface area contributed by atoms with E-state index in [0.717, 1.165) is 22.6 Å². The second-order valence-electron chi connectivity index (χ2n) is 3.97. The summed E-state index contributed by atoms with van der Waals surface area (Å²) in [6, 6.07) is 4.01. The van der Waals surface area contributed by atoms with E-state index in [9.17, 15) is 4.79 Å². The van der Waals surface area contributed by atoms with Crippen molar-refractivity contribution in [1.29, 1.82) is 0 Å². The van der Waals surface area contributed by atoms with Crippen molar-refractivity contribution in [2.24, 2.45) is 0 Å². The van der Waals surface area contributed by atoms with Crippen LogP contribution in [-0.2, 0) is 11.2 Å². The molecule has 0 atom stereocenters. The standard InChI is InChI=1S/C12H14N2O2/c1-8-5-6-14-9(2)10(3-4-12(15)16)13-11(14)7-8/h5-7H,3-4H2,1-2H3,(H,15,16). The van der Waals surface area contributed by atoms with Crippen molar-refractivity contribution in [3.05, 3.63) is 35.3 Å². The highest BCUT2D eigenvalue weighted by atomic mass is 16.4. The van der Waals surface area contributed by atoms with Crippen LogP contribution in [0.5, 0.6) is 0 Å². The summed E-state index contributed by atoms with van der Waals surface area (Å²) in [6.45, 7) is 3.98. The summed E-state index contributed by atoms with van der Waals surface area (Å²) in [5.41, 5.74) is 3.93. The maximum Gasteiger partial charge on any atom is 0.303 e. The lowest BCUT2D eigenvalue weighted by molar-refractivity contribution is -0.136. The lowest BCUT2D eigenvalue weighted by Crippen LogP contribution is -1.99. The maximum atomic E-state index is 10.5. The zero-order valence-electron chi connectivity index (χ0n) is 9.40. The number of imidazole rings is 1. The molecule has 0 radical (unpaired) electrons. The van der Waals surface area contributed by atoms with Gasteiger partial charge in [-0.3, -0.25) is 4.79 Å². The smallest absolute Gasteiger partial charge is 0.303 e. The molecule has 84 valence electrons. The van der Waals surface area contributed by atoms with Crippen LogP contribution in [0, 0.1) is 13.8 Å². The van der Waals surface area contributed by atoms with E-state index in [1.807, 2.05) is 36.6 Å². The fourth-order valence-electron chi connectivity index (χ4n) is 1.78. The van der Waals surface area contributed by atoms with Crippen molar-refractivity contribution < 1.29 is 9.90 Å². The topological polar surface area (TPSA) is 54.6 Å². The molecular weight excluding hydrogens is 204 g/mol. The molecule has 0 bridgehead atoms. The number of pyridine rings is 1. The molecule has 2 aromatic heterocycles. The Bertz CT molecular complexity index is 543. The maximum absolute atomic E-state index is 10.5. The Balaban J connectivity index is 2.39. The SMILES string of the molecule is Cc1ccn2c(C)c(CCC(=O)O)nc2c1. The van der Waals surface area contributed by atoms with E-state index in [0.29, 0.717) is 6.42 Å². The molecule has 0 fully saturated rings. The minimum absolute atomic E-state index is 0.129. The highest BCUT2D eigenvalue weighted by Crippen LogP contribution is 2.14. The predicted octanol–water partition coefficient (Wildman–Crippen LogP) is 1.97. The number of rotatable bonds is 3. The number of fused-ring (bicyclic) bond motifs is 1. The second kappa shape index (κ2) is 3.96. The van der Waals surface area contributed by atoms with Gasteiger partial charge in [-0.2, -0.15) is 0 Å². The summed E-state index contributed by atoms with van der Waals surface area (Å²) >= 11 is 0. The highest BCUT2D eigenvalue weighted by molar-refractivity contribution is 5.67. The molecule has 4 nitrogen and oxygen atoms in total. The summed E-state index contributed by atoms with van der Waals surface area (Å²) in [5, 5.41) is 8.65. The molecule has 0 aliphatic heterocycles. The summed E-state index contributed by atoms with van der Waals surface area (Å²) < 4.78 is 1.99. The van der Waals surface area contributed by atoms with E-state index in [2.05, 4.69) is 4.98 Å². The number of aryl methyl sites for hydroxylation is 3. The van der Waals surface area contributed by atoms with Gasteiger partial charge in [0.15, 0.2) is 0 Å². The number of carboxylic acid groups (broad SMARTS) is 1. The Morgan fingerprint density at radius 1 is 1.50 bits per heavy atom. The molecule has 16 heavy (non-hydrogen) atoms. The van der Waals surface area contributed by atoms with E-state index < -0.39 is 5.97 Å². The molecule has 0 saturated heterocycles. The number of hydrogen-bond acceptors (Lipinski definition) is 2. The van der Waals surface area contributed by atoms with Crippen LogP contribution in [0.3, 0.4) is 0 Å². The molecular formula is C12H14N2O2. The van der Waals surface area contributed by atoms with Crippen LogP contribution in [0.25, 0.3) is 5.65 Å². The monoisotopic (exact) mass is 218 g/mol. The average molecular weight is 218 g/mol. The normalized spacial score (nSPS) is 10.9. The van der Waals surface area contributed by atoms with Crippen molar-refractivity contribution >= 4 is 11.6 Å². The van der Waals surface area contributed by atoms with Crippen molar-refractivity contribution in [2.75, 3.05) is 0 Å². The first kappa shape index (κ1) is 10.7. The largest absolute Gasteiger partial charge is 0.481 e. The summed E-state index contributed by atoms with van der Waals surface area (Å²) in [6.07, 6.45) is 2.59. The molecule has 2 aromatic rings. The molecule has 0 amide bonds. The van der Waals surface area contributed by atoms with Gasteiger partial charge in [-0.25, -0.2) is 4.98 Å². The van der Waals surface area contributed by atoms with Crippen molar-refractivity contribution in [3.8, 4) is 0 Å². The van der Waals surface area contributed by atoms with Gasteiger partial charge in [0.25, 0.3) is 0 Å². The Morgan fingerprint density at radius 2 is 2.25 bits per heavy atom. The van der Waals surface area contributed by atoms with Crippen molar-refractivity contribution in [2.45, 2.75) is 26.7 Å². The number of aromatic nitrogens is 2.